The molecule has 0 fully saturated rings. The summed E-state index contributed by atoms with van der Waals surface area (Å²) in [5.41, 5.74) is 3.31. The summed E-state index contributed by atoms with van der Waals surface area (Å²) in [6.07, 6.45) is 6.08. The molecule has 2 aromatic heterocycles. The van der Waals surface area contributed by atoms with Crippen molar-refractivity contribution in [1.82, 2.24) is 19.7 Å². The Kier molecular flexibility index (Phi) is 6.61. The number of hydrogen-bond acceptors (Lipinski definition) is 5. The normalized spacial score (nSPS) is 10.9. The van der Waals surface area contributed by atoms with Gasteiger partial charge in [-0.25, -0.2) is 0 Å². The van der Waals surface area contributed by atoms with Crippen LogP contribution in [0.1, 0.15) is 44.6 Å². The molecule has 1 aromatic carbocycles. The van der Waals surface area contributed by atoms with Gasteiger partial charge in [0.2, 0.25) is 0 Å². The van der Waals surface area contributed by atoms with E-state index in [1.54, 1.807) is 18.0 Å². The Bertz CT molecular complexity index is 912. The van der Waals surface area contributed by atoms with E-state index in [4.69, 9.17) is 5.26 Å². The molecular formula is C21H23N5S. The molecule has 0 saturated carbocycles. The van der Waals surface area contributed by atoms with Crippen LogP contribution >= 0.6 is 11.8 Å². The quantitative estimate of drug-likeness (QED) is 0.397. The molecule has 0 atom stereocenters. The van der Waals surface area contributed by atoms with E-state index in [1.165, 1.54) is 5.56 Å². The fraction of sp³-hybridized carbons (Fsp3) is 0.333. The number of benzene rings is 1. The third kappa shape index (κ3) is 4.55. The van der Waals surface area contributed by atoms with Gasteiger partial charge in [0.1, 0.15) is 0 Å². The molecular weight excluding hydrogens is 354 g/mol. The minimum absolute atomic E-state index is 0.388. The van der Waals surface area contributed by atoms with Crippen LogP contribution in [0.4, 0.5) is 0 Å². The fourth-order valence-electron chi connectivity index (χ4n) is 2.91. The lowest BCUT2D eigenvalue weighted by Gasteiger charge is -2.16. The smallest absolute Gasteiger partial charge is 0.196 e. The first-order valence-electron chi connectivity index (χ1n) is 9.17. The van der Waals surface area contributed by atoms with Crippen molar-refractivity contribution in [2.75, 3.05) is 5.75 Å². The topological polar surface area (TPSA) is 67.4 Å². The highest BCUT2D eigenvalue weighted by molar-refractivity contribution is 7.99. The predicted molar refractivity (Wildman–Crippen MR) is 109 cm³/mol. The molecule has 0 spiro atoms. The van der Waals surface area contributed by atoms with Crippen molar-refractivity contribution >= 4 is 11.8 Å². The average molecular weight is 378 g/mol. The second-order valence-electron chi connectivity index (χ2n) is 6.56. The van der Waals surface area contributed by atoms with Crippen LogP contribution in [0.3, 0.4) is 0 Å². The van der Waals surface area contributed by atoms with E-state index in [-0.39, 0.29) is 0 Å². The lowest BCUT2D eigenvalue weighted by Crippen LogP contribution is -2.05. The Hall–Kier alpha value is -2.65. The molecule has 0 aliphatic heterocycles. The second kappa shape index (κ2) is 9.33. The van der Waals surface area contributed by atoms with Gasteiger partial charge in [-0.2, -0.15) is 5.26 Å². The number of nitriles is 1. The number of hydrogen-bond donors (Lipinski definition) is 0. The van der Waals surface area contributed by atoms with Crippen LogP contribution in [0.5, 0.6) is 0 Å². The molecule has 0 N–H and O–H groups in total. The molecule has 6 heteroatoms. The molecule has 2 heterocycles. The average Bonchev–Trinajstić information content (AvgIpc) is 3.12. The van der Waals surface area contributed by atoms with Gasteiger partial charge < -0.3 is 0 Å². The maximum atomic E-state index is 8.70. The second-order valence-corrected chi connectivity index (χ2v) is 7.62. The molecule has 0 unspecified atom stereocenters. The summed E-state index contributed by atoms with van der Waals surface area (Å²) in [6.45, 7) is 4.39. The summed E-state index contributed by atoms with van der Waals surface area (Å²) in [4.78, 5) is 4.24. The van der Waals surface area contributed by atoms with Crippen molar-refractivity contribution in [2.45, 2.75) is 44.2 Å². The van der Waals surface area contributed by atoms with E-state index in [0.29, 0.717) is 12.3 Å². The van der Waals surface area contributed by atoms with Crippen LogP contribution in [0.2, 0.25) is 0 Å². The zero-order valence-electron chi connectivity index (χ0n) is 15.7. The Morgan fingerprint density at radius 1 is 1.11 bits per heavy atom. The number of nitrogens with zero attached hydrogens (tertiary/aromatic N) is 5. The summed E-state index contributed by atoms with van der Waals surface area (Å²) in [7, 11) is 0. The van der Waals surface area contributed by atoms with Crippen molar-refractivity contribution < 1.29 is 0 Å². The molecule has 0 amide bonds. The van der Waals surface area contributed by atoms with Crippen molar-refractivity contribution in [2.24, 2.45) is 0 Å². The van der Waals surface area contributed by atoms with Crippen LogP contribution < -0.4 is 0 Å². The first-order chi connectivity index (χ1) is 13.2. The summed E-state index contributed by atoms with van der Waals surface area (Å²) in [6, 6.07) is 14.5. The van der Waals surface area contributed by atoms with Crippen molar-refractivity contribution in [3.8, 4) is 23.1 Å². The first-order valence-corrected chi connectivity index (χ1v) is 10.2. The van der Waals surface area contributed by atoms with Crippen LogP contribution in [-0.4, -0.2) is 25.5 Å². The van der Waals surface area contributed by atoms with Crippen molar-refractivity contribution in [3.63, 3.8) is 0 Å². The molecule has 0 aliphatic rings. The number of thioether (sulfide) groups is 1. The molecule has 0 aliphatic carbocycles. The third-order valence-corrected chi connectivity index (χ3v) is 5.28. The molecule has 3 rings (SSSR count). The number of para-hydroxylation sites is 1. The SMILES string of the molecule is CC(C)c1ccccc1-n1c(SCCCCC#N)nnc1-c1cccnc1. The maximum Gasteiger partial charge on any atom is 0.196 e. The Morgan fingerprint density at radius 2 is 1.96 bits per heavy atom. The van der Waals surface area contributed by atoms with Crippen LogP contribution in [0, 0.1) is 11.3 Å². The van der Waals surface area contributed by atoms with Gasteiger partial charge >= 0.3 is 0 Å². The highest BCUT2D eigenvalue weighted by atomic mass is 32.2. The largest absolute Gasteiger partial charge is 0.270 e. The summed E-state index contributed by atoms with van der Waals surface area (Å²) in [5, 5.41) is 18.5. The Morgan fingerprint density at radius 3 is 2.70 bits per heavy atom. The first kappa shape index (κ1) is 19.1. The van der Waals surface area contributed by atoms with E-state index >= 15 is 0 Å². The van der Waals surface area contributed by atoms with Gasteiger partial charge in [-0.3, -0.25) is 9.55 Å². The zero-order chi connectivity index (χ0) is 19.1. The van der Waals surface area contributed by atoms with Crippen LogP contribution in [0.15, 0.2) is 53.9 Å². The summed E-state index contributed by atoms with van der Waals surface area (Å²) in [5.74, 6) is 2.10. The van der Waals surface area contributed by atoms with Crippen LogP contribution in [-0.2, 0) is 0 Å². The Labute approximate surface area is 164 Å². The van der Waals surface area contributed by atoms with E-state index in [2.05, 4.69) is 63.9 Å². The van der Waals surface area contributed by atoms with Gasteiger partial charge in [0.25, 0.3) is 0 Å². The van der Waals surface area contributed by atoms with Gasteiger partial charge in [0.15, 0.2) is 11.0 Å². The van der Waals surface area contributed by atoms with E-state index in [9.17, 15) is 0 Å². The summed E-state index contributed by atoms with van der Waals surface area (Å²) < 4.78 is 2.14. The van der Waals surface area contributed by atoms with Crippen LogP contribution in [0.25, 0.3) is 17.1 Å². The lowest BCUT2D eigenvalue weighted by molar-refractivity contribution is 0.809. The van der Waals surface area contributed by atoms with Gasteiger partial charge in [-0.1, -0.05) is 43.8 Å². The number of pyridine rings is 1. The predicted octanol–water partition coefficient (Wildman–Crippen LogP) is 5.24. The molecule has 0 bridgehead atoms. The monoisotopic (exact) mass is 377 g/mol. The highest BCUT2D eigenvalue weighted by Gasteiger charge is 2.19. The van der Waals surface area contributed by atoms with Gasteiger partial charge in [-0.15, -0.1) is 10.2 Å². The van der Waals surface area contributed by atoms with E-state index < -0.39 is 0 Å². The molecule has 5 nitrogen and oxygen atoms in total. The highest BCUT2D eigenvalue weighted by Crippen LogP contribution is 2.32. The number of aromatic nitrogens is 4. The Balaban J connectivity index is 2.01. The third-order valence-electron chi connectivity index (χ3n) is 4.27. The minimum Gasteiger partial charge on any atom is -0.270 e. The number of rotatable bonds is 8. The van der Waals surface area contributed by atoms with Crippen molar-refractivity contribution in [3.05, 3.63) is 54.4 Å². The summed E-state index contributed by atoms with van der Waals surface area (Å²) >= 11 is 1.69. The van der Waals surface area contributed by atoms with E-state index in [1.807, 2.05) is 18.3 Å². The molecule has 0 radical (unpaired) electrons. The van der Waals surface area contributed by atoms with Crippen molar-refractivity contribution in [1.29, 1.82) is 5.26 Å². The van der Waals surface area contributed by atoms with Gasteiger partial charge in [-0.05, 0) is 42.5 Å². The molecule has 27 heavy (non-hydrogen) atoms. The van der Waals surface area contributed by atoms with E-state index in [0.717, 1.165) is 40.8 Å². The van der Waals surface area contributed by atoms with Gasteiger partial charge in [0, 0.05) is 30.1 Å². The standard InChI is InChI=1S/C21H23N5S/c1-16(2)18-10-4-5-11-19(18)26-20(17-9-8-13-23-15-17)24-25-21(26)27-14-7-3-6-12-22/h4-5,8-11,13,15-16H,3,6-7,14H2,1-2H3. The zero-order valence-corrected chi connectivity index (χ0v) is 16.5. The molecule has 0 saturated heterocycles. The number of unbranched alkanes of at least 4 members (excludes halogenated alkanes) is 2. The fourth-order valence-corrected chi connectivity index (χ4v) is 3.86. The minimum atomic E-state index is 0.388. The van der Waals surface area contributed by atoms with Gasteiger partial charge in [0.05, 0.1) is 11.8 Å². The lowest BCUT2D eigenvalue weighted by atomic mass is 10.0. The maximum absolute atomic E-state index is 8.70. The molecule has 3 aromatic rings. The molecule has 138 valence electrons.